The van der Waals surface area contributed by atoms with Crippen molar-refractivity contribution in [3.8, 4) is 0 Å². The second-order valence-corrected chi connectivity index (χ2v) is 7.72. The second kappa shape index (κ2) is 7.66. The standard InChI is InChI=1S/C20H22N4OS/c1-13(2)26-20-19(21)23-17-10-9-15(12-24(17)20)16(11-18(25)22-3)14-7-5-4-6-8-14/h4-13H,21H2,1-3H3,(H,22,25)/b16-11-. The summed E-state index contributed by atoms with van der Waals surface area (Å²) in [5.41, 5.74) is 9.65. The molecule has 6 heteroatoms. The average molecular weight is 366 g/mol. The molecule has 0 aliphatic carbocycles. The van der Waals surface area contributed by atoms with E-state index in [4.69, 9.17) is 5.73 Å². The van der Waals surface area contributed by atoms with Crippen LogP contribution in [0.4, 0.5) is 5.82 Å². The molecule has 0 aliphatic heterocycles. The SMILES string of the molecule is CNC(=O)/C=C(/c1ccccc1)c1ccc2nc(N)c(SC(C)C)n2c1. The quantitative estimate of drug-likeness (QED) is 0.535. The Labute approximate surface area is 157 Å². The number of thioether (sulfide) groups is 1. The maximum atomic E-state index is 12.0. The Morgan fingerprint density at radius 2 is 1.92 bits per heavy atom. The van der Waals surface area contributed by atoms with Crippen LogP contribution >= 0.6 is 11.8 Å². The van der Waals surface area contributed by atoms with Crippen LogP contribution in [0.25, 0.3) is 11.2 Å². The largest absolute Gasteiger partial charge is 0.381 e. The van der Waals surface area contributed by atoms with Gasteiger partial charge in [0.25, 0.3) is 0 Å². The molecule has 0 saturated carbocycles. The predicted octanol–water partition coefficient (Wildman–Crippen LogP) is 3.59. The zero-order chi connectivity index (χ0) is 18.7. The number of likely N-dealkylation sites (N-methyl/N-ethyl adjacent to an activating group) is 1. The number of nitrogen functional groups attached to an aromatic ring is 1. The number of nitrogens with zero attached hydrogens (tertiary/aromatic N) is 2. The summed E-state index contributed by atoms with van der Waals surface area (Å²) in [6.07, 6.45) is 3.61. The third-order valence-corrected chi connectivity index (χ3v) is 4.97. The zero-order valence-electron chi connectivity index (χ0n) is 15.1. The molecular weight excluding hydrogens is 344 g/mol. The molecule has 2 heterocycles. The van der Waals surface area contributed by atoms with Crippen molar-refractivity contribution in [3.05, 3.63) is 65.9 Å². The van der Waals surface area contributed by atoms with E-state index in [0.29, 0.717) is 11.1 Å². The minimum Gasteiger partial charge on any atom is -0.381 e. The lowest BCUT2D eigenvalue weighted by atomic mass is 9.99. The number of benzene rings is 1. The molecule has 2 aromatic heterocycles. The van der Waals surface area contributed by atoms with Crippen LogP contribution in [-0.4, -0.2) is 27.6 Å². The number of nitrogens with one attached hydrogen (secondary N) is 1. The first kappa shape index (κ1) is 18.1. The van der Waals surface area contributed by atoms with E-state index in [-0.39, 0.29) is 5.91 Å². The van der Waals surface area contributed by atoms with E-state index in [9.17, 15) is 4.79 Å². The highest BCUT2D eigenvalue weighted by Crippen LogP contribution is 2.31. The Bertz CT molecular complexity index is 961. The molecule has 0 spiro atoms. The van der Waals surface area contributed by atoms with Gasteiger partial charge in [0, 0.05) is 24.6 Å². The van der Waals surface area contributed by atoms with Gasteiger partial charge in [0.1, 0.15) is 10.7 Å². The molecule has 0 unspecified atom stereocenters. The predicted molar refractivity (Wildman–Crippen MR) is 108 cm³/mol. The van der Waals surface area contributed by atoms with Crippen molar-refractivity contribution >= 4 is 34.7 Å². The molecule has 0 fully saturated rings. The van der Waals surface area contributed by atoms with E-state index in [1.807, 2.05) is 53.1 Å². The molecule has 3 aromatic rings. The van der Waals surface area contributed by atoms with E-state index in [2.05, 4.69) is 24.1 Å². The van der Waals surface area contributed by atoms with Gasteiger partial charge in [0.2, 0.25) is 5.91 Å². The first-order valence-electron chi connectivity index (χ1n) is 8.43. The number of amides is 1. The van der Waals surface area contributed by atoms with Gasteiger partial charge in [-0.2, -0.15) is 0 Å². The molecule has 134 valence electrons. The van der Waals surface area contributed by atoms with Gasteiger partial charge in [-0.25, -0.2) is 4.98 Å². The van der Waals surface area contributed by atoms with Gasteiger partial charge in [0.15, 0.2) is 5.82 Å². The number of pyridine rings is 1. The molecule has 3 rings (SSSR count). The summed E-state index contributed by atoms with van der Waals surface area (Å²) in [4.78, 5) is 16.5. The summed E-state index contributed by atoms with van der Waals surface area (Å²) in [6.45, 7) is 4.24. The number of anilines is 1. The number of rotatable bonds is 5. The summed E-state index contributed by atoms with van der Waals surface area (Å²) in [7, 11) is 1.62. The van der Waals surface area contributed by atoms with E-state index >= 15 is 0 Å². The molecule has 1 amide bonds. The molecule has 5 nitrogen and oxygen atoms in total. The molecular formula is C20H22N4OS. The summed E-state index contributed by atoms with van der Waals surface area (Å²) >= 11 is 1.67. The van der Waals surface area contributed by atoms with E-state index in [1.54, 1.807) is 24.9 Å². The average Bonchev–Trinajstić information content (AvgIpc) is 2.94. The van der Waals surface area contributed by atoms with Gasteiger partial charge >= 0.3 is 0 Å². The monoisotopic (exact) mass is 366 g/mol. The molecule has 0 bridgehead atoms. The van der Waals surface area contributed by atoms with E-state index < -0.39 is 0 Å². The third kappa shape index (κ3) is 3.75. The van der Waals surface area contributed by atoms with E-state index in [1.165, 1.54) is 0 Å². The van der Waals surface area contributed by atoms with Crippen LogP contribution in [0, 0.1) is 0 Å². The van der Waals surface area contributed by atoms with Crippen molar-refractivity contribution in [1.82, 2.24) is 14.7 Å². The molecule has 0 saturated heterocycles. The number of carbonyl (C=O) groups is 1. The smallest absolute Gasteiger partial charge is 0.244 e. The minimum atomic E-state index is -0.147. The molecule has 0 atom stereocenters. The summed E-state index contributed by atoms with van der Waals surface area (Å²) in [5, 5.41) is 3.96. The molecule has 3 N–H and O–H groups in total. The molecule has 1 aromatic carbocycles. The fourth-order valence-corrected chi connectivity index (χ4v) is 3.57. The Morgan fingerprint density at radius 3 is 2.58 bits per heavy atom. The van der Waals surface area contributed by atoms with Crippen LogP contribution in [0.1, 0.15) is 25.0 Å². The van der Waals surface area contributed by atoms with Crippen LogP contribution in [0.5, 0.6) is 0 Å². The maximum Gasteiger partial charge on any atom is 0.244 e. The number of nitrogens with two attached hydrogens (primary N) is 1. The number of fused-ring (bicyclic) bond motifs is 1. The van der Waals surface area contributed by atoms with Crippen molar-refractivity contribution in [2.24, 2.45) is 0 Å². The molecule has 26 heavy (non-hydrogen) atoms. The minimum absolute atomic E-state index is 0.147. The van der Waals surface area contributed by atoms with Crippen LogP contribution in [0.3, 0.4) is 0 Å². The number of aromatic nitrogens is 2. The highest BCUT2D eigenvalue weighted by atomic mass is 32.2. The lowest BCUT2D eigenvalue weighted by Crippen LogP contribution is -2.15. The normalized spacial score (nSPS) is 11.9. The van der Waals surface area contributed by atoms with Gasteiger partial charge in [-0.15, -0.1) is 11.8 Å². The van der Waals surface area contributed by atoms with Crippen LogP contribution in [0.15, 0.2) is 59.8 Å². The lowest BCUT2D eigenvalue weighted by molar-refractivity contribution is -0.116. The van der Waals surface area contributed by atoms with Crippen LogP contribution < -0.4 is 11.1 Å². The maximum absolute atomic E-state index is 12.0. The fourth-order valence-electron chi connectivity index (χ4n) is 2.70. The van der Waals surface area contributed by atoms with Crippen molar-refractivity contribution in [1.29, 1.82) is 0 Å². The number of hydrogen-bond acceptors (Lipinski definition) is 4. The Balaban J connectivity index is 2.17. The van der Waals surface area contributed by atoms with Crippen molar-refractivity contribution in [2.45, 2.75) is 24.1 Å². The fraction of sp³-hybridized carbons (Fsp3) is 0.200. The van der Waals surface area contributed by atoms with Crippen LogP contribution in [0.2, 0.25) is 0 Å². The first-order valence-corrected chi connectivity index (χ1v) is 9.31. The number of hydrogen-bond donors (Lipinski definition) is 2. The van der Waals surface area contributed by atoms with Gasteiger partial charge in [-0.05, 0) is 28.8 Å². The van der Waals surface area contributed by atoms with E-state index in [0.717, 1.165) is 27.4 Å². The van der Waals surface area contributed by atoms with Crippen LogP contribution in [-0.2, 0) is 4.79 Å². The Morgan fingerprint density at radius 1 is 1.19 bits per heavy atom. The summed E-state index contributed by atoms with van der Waals surface area (Å²) < 4.78 is 2.00. The van der Waals surface area contributed by atoms with Gasteiger partial charge in [-0.1, -0.05) is 44.2 Å². The number of imidazole rings is 1. The summed E-state index contributed by atoms with van der Waals surface area (Å²) in [5.74, 6) is 0.378. The topological polar surface area (TPSA) is 72.4 Å². The third-order valence-electron chi connectivity index (χ3n) is 3.86. The second-order valence-electron chi connectivity index (χ2n) is 6.15. The first-order chi connectivity index (χ1) is 12.5. The lowest BCUT2D eigenvalue weighted by Gasteiger charge is -2.11. The highest BCUT2D eigenvalue weighted by molar-refractivity contribution is 8.00. The van der Waals surface area contributed by atoms with Crippen molar-refractivity contribution in [2.75, 3.05) is 12.8 Å². The van der Waals surface area contributed by atoms with Crippen molar-refractivity contribution < 1.29 is 4.79 Å². The number of carbonyl (C=O) groups excluding carboxylic acids is 1. The van der Waals surface area contributed by atoms with Crippen molar-refractivity contribution in [3.63, 3.8) is 0 Å². The highest BCUT2D eigenvalue weighted by Gasteiger charge is 2.14. The van der Waals surface area contributed by atoms with Gasteiger partial charge in [-0.3, -0.25) is 9.20 Å². The Kier molecular flexibility index (Phi) is 5.32. The molecule has 0 radical (unpaired) electrons. The molecule has 0 aliphatic rings. The van der Waals surface area contributed by atoms with Gasteiger partial charge in [0.05, 0.1) is 0 Å². The van der Waals surface area contributed by atoms with Gasteiger partial charge < -0.3 is 11.1 Å². The Hall–Kier alpha value is -2.73. The zero-order valence-corrected chi connectivity index (χ0v) is 15.9. The summed E-state index contributed by atoms with van der Waals surface area (Å²) in [6, 6.07) is 13.7.